The second-order valence-corrected chi connectivity index (χ2v) is 8.23. The van der Waals surface area contributed by atoms with Gasteiger partial charge in [0.2, 0.25) is 11.2 Å². The Balaban J connectivity index is 1.69. The summed E-state index contributed by atoms with van der Waals surface area (Å²) in [5.41, 5.74) is 3.02. The van der Waals surface area contributed by atoms with Gasteiger partial charge in [0.05, 0.1) is 17.7 Å². The van der Waals surface area contributed by atoms with E-state index < -0.39 is 17.9 Å². The zero-order valence-corrected chi connectivity index (χ0v) is 19.9. The molecule has 1 aromatic heterocycles. The number of nitrogens with one attached hydrogen (secondary N) is 1. The standard InChI is InChI=1S/C27H24ClNO5/c1-4-32-22-8-6-5-7-21(22)29-24(30)15-33-27-25(31)19-14-20(28)17(3)13-23(19)34-26(27)18-11-9-16(2)10-12-18/h5-14H,4,15H2,1-3H3,(H,29,30). The van der Waals surface area contributed by atoms with Gasteiger partial charge in [0.1, 0.15) is 11.3 Å². The average molecular weight is 478 g/mol. The molecule has 0 unspecified atom stereocenters. The van der Waals surface area contributed by atoms with Gasteiger partial charge in [0, 0.05) is 10.6 Å². The van der Waals surface area contributed by atoms with Gasteiger partial charge >= 0.3 is 0 Å². The molecule has 3 aromatic carbocycles. The number of aryl methyl sites for hydroxylation is 2. The molecule has 1 N–H and O–H groups in total. The van der Waals surface area contributed by atoms with Crippen LogP contribution in [-0.2, 0) is 4.79 Å². The van der Waals surface area contributed by atoms with Gasteiger partial charge in [-0.2, -0.15) is 0 Å². The molecule has 0 saturated heterocycles. The Kier molecular flexibility index (Phi) is 6.89. The number of fused-ring (bicyclic) bond motifs is 1. The van der Waals surface area contributed by atoms with Crippen LogP contribution < -0.4 is 20.2 Å². The molecule has 7 heteroatoms. The van der Waals surface area contributed by atoms with Gasteiger partial charge < -0.3 is 19.2 Å². The van der Waals surface area contributed by atoms with Crippen LogP contribution in [0.25, 0.3) is 22.3 Å². The maximum atomic E-state index is 13.4. The zero-order valence-electron chi connectivity index (χ0n) is 19.1. The van der Waals surface area contributed by atoms with Crippen molar-refractivity contribution in [1.29, 1.82) is 0 Å². The minimum absolute atomic E-state index is 0.0514. The molecule has 4 rings (SSSR count). The molecular weight excluding hydrogens is 454 g/mol. The average Bonchev–Trinajstić information content (AvgIpc) is 2.82. The maximum Gasteiger partial charge on any atom is 0.262 e. The highest BCUT2D eigenvalue weighted by atomic mass is 35.5. The van der Waals surface area contributed by atoms with Crippen LogP contribution in [-0.4, -0.2) is 19.1 Å². The fraction of sp³-hybridized carbons (Fsp3) is 0.185. The molecule has 0 bridgehead atoms. The number of ether oxygens (including phenoxy) is 2. The lowest BCUT2D eigenvalue weighted by molar-refractivity contribution is -0.118. The molecule has 0 aliphatic rings. The summed E-state index contributed by atoms with van der Waals surface area (Å²) in [6.07, 6.45) is 0. The Morgan fingerprint density at radius 1 is 1.03 bits per heavy atom. The lowest BCUT2D eigenvalue weighted by Crippen LogP contribution is -2.23. The van der Waals surface area contributed by atoms with Crippen LogP contribution in [0.4, 0.5) is 5.69 Å². The van der Waals surface area contributed by atoms with Crippen LogP contribution >= 0.6 is 11.6 Å². The van der Waals surface area contributed by atoms with Gasteiger partial charge in [-0.05, 0) is 50.6 Å². The summed E-state index contributed by atoms with van der Waals surface area (Å²) in [6, 6.07) is 17.9. The van der Waals surface area contributed by atoms with Crippen molar-refractivity contribution in [2.45, 2.75) is 20.8 Å². The first kappa shape index (κ1) is 23.4. The Bertz CT molecular complexity index is 1410. The Morgan fingerprint density at radius 2 is 1.76 bits per heavy atom. The van der Waals surface area contributed by atoms with E-state index in [2.05, 4.69) is 5.32 Å². The molecule has 174 valence electrons. The van der Waals surface area contributed by atoms with Crippen LogP contribution in [0.1, 0.15) is 18.1 Å². The molecule has 0 aliphatic carbocycles. The first-order valence-electron chi connectivity index (χ1n) is 10.9. The highest BCUT2D eigenvalue weighted by Gasteiger charge is 2.20. The van der Waals surface area contributed by atoms with E-state index in [1.54, 1.807) is 30.3 Å². The topological polar surface area (TPSA) is 77.8 Å². The number of hydrogen-bond acceptors (Lipinski definition) is 5. The normalized spacial score (nSPS) is 10.8. The summed E-state index contributed by atoms with van der Waals surface area (Å²) in [7, 11) is 0. The third-order valence-electron chi connectivity index (χ3n) is 5.25. The summed E-state index contributed by atoms with van der Waals surface area (Å²) in [5, 5.41) is 3.49. The fourth-order valence-electron chi connectivity index (χ4n) is 3.50. The molecule has 1 heterocycles. The summed E-state index contributed by atoms with van der Waals surface area (Å²) in [6.45, 7) is 5.73. The van der Waals surface area contributed by atoms with E-state index in [1.807, 2.05) is 51.1 Å². The third-order valence-corrected chi connectivity index (χ3v) is 5.66. The van der Waals surface area contributed by atoms with E-state index in [-0.39, 0.29) is 16.9 Å². The number of hydrogen-bond donors (Lipinski definition) is 1. The van der Waals surface area contributed by atoms with Gasteiger partial charge in [-0.25, -0.2) is 0 Å². The largest absolute Gasteiger partial charge is 0.492 e. The summed E-state index contributed by atoms with van der Waals surface area (Å²) >= 11 is 6.25. The molecule has 0 saturated carbocycles. The Labute approximate surface area is 202 Å². The molecule has 0 fully saturated rings. The number of carbonyl (C=O) groups is 1. The first-order chi connectivity index (χ1) is 16.4. The molecule has 0 atom stereocenters. The first-order valence-corrected chi connectivity index (χ1v) is 11.2. The predicted octanol–water partition coefficient (Wildman–Crippen LogP) is 6.15. The third kappa shape index (κ3) is 4.92. The molecule has 34 heavy (non-hydrogen) atoms. The summed E-state index contributed by atoms with van der Waals surface area (Å²) < 4.78 is 17.4. The molecule has 1 amide bonds. The number of carbonyl (C=O) groups excluding carboxylic acids is 1. The van der Waals surface area contributed by atoms with E-state index >= 15 is 0 Å². The van der Waals surface area contributed by atoms with Crippen LogP contribution in [0.2, 0.25) is 5.02 Å². The van der Waals surface area contributed by atoms with Gasteiger partial charge in [0.15, 0.2) is 12.4 Å². The smallest absolute Gasteiger partial charge is 0.262 e. The second-order valence-electron chi connectivity index (χ2n) is 7.82. The number of rotatable bonds is 7. The van der Waals surface area contributed by atoms with E-state index in [0.717, 1.165) is 11.1 Å². The minimum Gasteiger partial charge on any atom is -0.492 e. The number of para-hydroxylation sites is 2. The molecule has 4 aromatic rings. The monoisotopic (exact) mass is 477 g/mol. The van der Waals surface area contributed by atoms with E-state index in [9.17, 15) is 9.59 Å². The van der Waals surface area contributed by atoms with Crippen molar-refractivity contribution in [2.75, 3.05) is 18.5 Å². The van der Waals surface area contributed by atoms with Crippen molar-refractivity contribution in [1.82, 2.24) is 0 Å². The van der Waals surface area contributed by atoms with Gasteiger partial charge in [-0.3, -0.25) is 9.59 Å². The molecular formula is C27H24ClNO5. The van der Waals surface area contributed by atoms with Crippen molar-refractivity contribution in [3.05, 3.63) is 87.0 Å². The lowest BCUT2D eigenvalue weighted by atomic mass is 10.1. The Morgan fingerprint density at radius 3 is 2.50 bits per heavy atom. The number of amides is 1. The number of benzene rings is 3. The number of anilines is 1. The van der Waals surface area contributed by atoms with Gasteiger partial charge in [-0.15, -0.1) is 0 Å². The van der Waals surface area contributed by atoms with Crippen LogP contribution in [0.3, 0.4) is 0 Å². The number of halogens is 1. The van der Waals surface area contributed by atoms with Crippen molar-refractivity contribution in [3.63, 3.8) is 0 Å². The Hall–Kier alpha value is -3.77. The fourth-order valence-corrected chi connectivity index (χ4v) is 3.66. The van der Waals surface area contributed by atoms with Crippen molar-refractivity contribution in [2.24, 2.45) is 0 Å². The predicted molar refractivity (Wildman–Crippen MR) is 134 cm³/mol. The highest BCUT2D eigenvalue weighted by molar-refractivity contribution is 6.32. The zero-order chi connectivity index (χ0) is 24.2. The van der Waals surface area contributed by atoms with E-state index in [4.69, 9.17) is 25.5 Å². The summed E-state index contributed by atoms with van der Waals surface area (Å²) in [4.78, 5) is 26.0. The van der Waals surface area contributed by atoms with E-state index in [0.29, 0.717) is 34.2 Å². The maximum absolute atomic E-state index is 13.4. The van der Waals surface area contributed by atoms with Crippen molar-refractivity contribution >= 4 is 34.2 Å². The lowest BCUT2D eigenvalue weighted by Gasteiger charge is -2.14. The summed E-state index contributed by atoms with van der Waals surface area (Å²) in [5.74, 6) is 0.309. The van der Waals surface area contributed by atoms with Crippen LogP contribution in [0, 0.1) is 13.8 Å². The second kappa shape index (κ2) is 10.0. The minimum atomic E-state index is -0.441. The van der Waals surface area contributed by atoms with Crippen LogP contribution in [0.5, 0.6) is 11.5 Å². The SMILES string of the molecule is CCOc1ccccc1NC(=O)COc1c(-c2ccc(C)cc2)oc2cc(C)c(Cl)cc2c1=O. The quantitative estimate of drug-likeness (QED) is 0.345. The molecule has 0 radical (unpaired) electrons. The molecule has 0 spiro atoms. The van der Waals surface area contributed by atoms with Gasteiger partial charge in [-0.1, -0.05) is 53.6 Å². The molecule has 0 aliphatic heterocycles. The van der Waals surface area contributed by atoms with Crippen molar-refractivity contribution < 1.29 is 18.7 Å². The van der Waals surface area contributed by atoms with E-state index in [1.165, 1.54) is 0 Å². The van der Waals surface area contributed by atoms with Crippen molar-refractivity contribution in [3.8, 4) is 22.8 Å². The molecule has 6 nitrogen and oxygen atoms in total. The highest BCUT2D eigenvalue weighted by Crippen LogP contribution is 2.33. The van der Waals surface area contributed by atoms with Gasteiger partial charge in [0.25, 0.3) is 5.91 Å². The van der Waals surface area contributed by atoms with Crippen LogP contribution in [0.15, 0.2) is 69.9 Å².